The molecule has 0 spiro atoms. The Labute approximate surface area is 88.0 Å². The van der Waals surface area contributed by atoms with Gasteiger partial charge in [-0.15, -0.1) is 0 Å². The van der Waals surface area contributed by atoms with Crippen LogP contribution in [0.4, 0.5) is 10.1 Å². The Hall–Kier alpha value is -1.17. The zero-order valence-electron chi connectivity index (χ0n) is 7.29. The van der Waals surface area contributed by atoms with Crippen molar-refractivity contribution in [2.24, 2.45) is 0 Å². The van der Waals surface area contributed by atoms with Crippen LogP contribution in [0.15, 0.2) is 16.6 Å². The molecule has 14 heavy (non-hydrogen) atoms. The third kappa shape index (κ3) is 2.20. The van der Waals surface area contributed by atoms with Crippen LogP contribution in [0, 0.1) is 15.9 Å². The SMILES string of the molecule is CCOc1cc(Br)c(F)cc1[N+](=O)[O-]. The molecule has 0 aliphatic rings. The Bertz CT molecular complexity index is 370. The zero-order chi connectivity index (χ0) is 10.7. The molecule has 0 aromatic heterocycles. The van der Waals surface area contributed by atoms with Crippen LogP contribution in [-0.4, -0.2) is 11.5 Å². The Balaban J connectivity index is 3.24. The topological polar surface area (TPSA) is 52.4 Å². The van der Waals surface area contributed by atoms with Crippen molar-refractivity contribution in [2.45, 2.75) is 6.92 Å². The number of nitro benzene ring substituents is 1. The first-order chi connectivity index (χ1) is 6.56. The van der Waals surface area contributed by atoms with Crippen LogP contribution in [0.3, 0.4) is 0 Å². The molecule has 0 aliphatic carbocycles. The van der Waals surface area contributed by atoms with Gasteiger partial charge in [0.1, 0.15) is 5.82 Å². The summed E-state index contributed by atoms with van der Waals surface area (Å²) in [4.78, 5) is 9.82. The van der Waals surface area contributed by atoms with Crippen molar-refractivity contribution in [3.63, 3.8) is 0 Å². The molecular formula is C8H7BrFNO3. The van der Waals surface area contributed by atoms with Crippen molar-refractivity contribution in [1.82, 2.24) is 0 Å². The van der Waals surface area contributed by atoms with Gasteiger partial charge in [-0.05, 0) is 22.9 Å². The Morgan fingerprint density at radius 2 is 2.29 bits per heavy atom. The quantitative estimate of drug-likeness (QED) is 0.623. The third-order valence-corrected chi connectivity index (χ3v) is 2.11. The number of hydrogen-bond acceptors (Lipinski definition) is 3. The van der Waals surface area contributed by atoms with Crippen LogP contribution in [0.2, 0.25) is 0 Å². The highest BCUT2D eigenvalue weighted by Crippen LogP contribution is 2.32. The van der Waals surface area contributed by atoms with E-state index in [1.54, 1.807) is 6.92 Å². The van der Waals surface area contributed by atoms with E-state index < -0.39 is 10.7 Å². The summed E-state index contributed by atoms with van der Waals surface area (Å²) >= 11 is 2.92. The molecule has 0 saturated carbocycles. The largest absolute Gasteiger partial charge is 0.487 e. The third-order valence-electron chi connectivity index (χ3n) is 1.50. The number of ether oxygens (including phenoxy) is 1. The van der Waals surface area contributed by atoms with E-state index in [1.165, 1.54) is 6.07 Å². The van der Waals surface area contributed by atoms with E-state index in [0.29, 0.717) is 6.61 Å². The number of nitro groups is 1. The molecule has 0 amide bonds. The molecule has 0 atom stereocenters. The number of rotatable bonds is 3. The fraction of sp³-hybridized carbons (Fsp3) is 0.250. The maximum absolute atomic E-state index is 13.0. The number of benzene rings is 1. The van der Waals surface area contributed by atoms with Crippen LogP contribution >= 0.6 is 15.9 Å². The summed E-state index contributed by atoms with van der Waals surface area (Å²) in [5.74, 6) is -0.620. The van der Waals surface area contributed by atoms with E-state index >= 15 is 0 Å². The number of nitrogens with zero attached hydrogens (tertiary/aromatic N) is 1. The van der Waals surface area contributed by atoms with Gasteiger partial charge >= 0.3 is 5.69 Å². The summed E-state index contributed by atoms with van der Waals surface area (Å²) in [6.45, 7) is 1.99. The van der Waals surface area contributed by atoms with E-state index in [9.17, 15) is 14.5 Å². The first kappa shape index (κ1) is 10.9. The van der Waals surface area contributed by atoms with Crippen molar-refractivity contribution in [2.75, 3.05) is 6.61 Å². The Kier molecular flexibility index (Phi) is 3.40. The fourth-order valence-electron chi connectivity index (χ4n) is 0.932. The van der Waals surface area contributed by atoms with Crippen molar-refractivity contribution >= 4 is 21.6 Å². The van der Waals surface area contributed by atoms with Gasteiger partial charge in [-0.3, -0.25) is 10.1 Å². The second-order valence-electron chi connectivity index (χ2n) is 2.42. The summed E-state index contributed by atoms with van der Waals surface area (Å²) in [6.07, 6.45) is 0. The normalized spacial score (nSPS) is 9.93. The molecule has 4 nitrogen and oxygen atoms in total. The molecule has 76 valence electrons. The summed E-state index contributed by atoms with van der Waals surface area (Å²) in [5.41, 5.74) is -0.368. The molecule has 0 bridgehead atoms. The predicted octanol–water partition coefficient (Wildman–Crippen LogP) is 2.90. The summed E-state index contributed by atoms with van der Waals surface area (Å²) in [6, 6.07) is 2.08. The van der Waals surface area contributed by atoms with Crippen LogP contribution in [0.25, 0.3) is 0 Å². The van der Waals surface area contributed by atoms with E-state index in [-0.39, 0.29) is 15.9 Å². The van der Waals surface area contributed by atoms with Crippen molar-refractivity contribution in [1.29, 1.82) is 0 Å². The number of halogens is 2. The fourth-order valence-corrected chi connectivity index (χ4v) is 1.25. The predicted molar refractivity (Wildman–Crippen MR) is 51.9 cm³/mol. The van der Waals surface area contributed by atoms with Crippen LogP contribution in [0.5, 0.6) is 5.75 Å². The van der Waals surface area contributed by atoms with Crippen molar-refractivity contribution < 1.29 is 14.1 Å². The van der Waals surface area contributed by atoms with Gasteiger partial charge in [-0.1, -0.05) is 0 Å². The smallest absolute Gasteiger partial charge is 0.313 e. The van der Waals surface area contributed by atoms with E-state index in [1.807, 2.05) is 0 Å². The lowest BCUT2D eigenvalue weighted by atomic mass is 10.3. The molecule has 0 heterocycles. The molecule has 1 rings (SSSR count). The first-order valence-electron chi connectivity index (χ1n) is 3.82. The summed E-state index contributed by atoms with van der Waals surface area (Å²) in [5, 5.41) is 10.5. The minimum atomic E-state index is -0.680. The lowest BCUT2D eigenvalue weighted by Gasteiger charge is -2.04. The highest BCUT2D eigenvalue weighted by molar-refractivity contribution is 9.10. The molecule has 0 aliphatic heterocycles. The Morgan fingerprint density at radius 1 is 1.64 bits per heavy atom. The van der Waals surface area contributed by atoms with Crippen LogP contribution < -0.4 is 4.74 Å². The van der Waals surface area contributed by atoms with Crippen LogP contribution in [-0.2, 0) is 0 Å². The van der Waals surface area contributed by atoms with Crippen molar-refractivity contribution in [3.8, 4) is 5.75 Å². The van der Waals surface area contributed by atoms with Gasteiger partial charge in [-0.25, -0.2) is 4.39 Å². The lowest BCUT2D eigenvalue weighted by molar-refractivity contribution is -0.386. The van der Waals surface area contributed by atoms with E-state index in [2.05, 4.69) is 15.9 Å². The highest BCUT2D eigenvalue weighted by atomic mass is 79.9. The van der Waals surface area contributed by atoms with Gasteiger partial charge in [0, 0.05) is 6.07 Å². The maximum Gasteiger partial charge on any atom is 0.313 e. The molecule has 0 N–H and O–H groups in total. The van der Waals surface area contributed by atoms with Gasteiger partial charge < -0.3 is 4.74 Å². The first-order valence-corrected chi connectivity index (χ1v) is 4.61. The zero-order valence-corrected chi connectivity index (χ0v) is 8.88. The average molecular weight is 264 g/mol. The molecular weight excluding hydrogens is 257 g/mol. The Morgan fingerprint density at radius 3 is 2.79 bits per heavy atom. The minimum absolute atomic E-state index is 0.0609. The average Bonchev–Trinajstić information content (AvgIpc) is 2.11. The summed E-state index contributed by atoms with van der Waals surface area (Å²) < 4.78 is 18.1. The second-order valence-corrected chi connectivity index (χ2v) is 3.28. The standard InChI is InChI=1S/C8H7BrFNO3/c1-2-14-8-3-5(9)6(10)4-7(8)11(12)13/h3-4H,2H2,1H3. The van der Waals surface area contributed by atoms with Gasteiger partial charge in [0.15, 0.2) is 5.75 Å². The monoisotopic (exact) mass is 263 g/mol. The molecule has 6 heteroatoms. The molecule has 0 unspecified atom stereocenters. The molecule has 0 fully saturated rings. The molecule has 1 aromatic rings. The van der Waals surface area contributed by atoms with Gasteiger partial charge in [0.05, 0.1) is 22.1 Å². The lowest BCUT2D eigenvalue weighted by Crippen LogP contribution is -1.98. The van der Waals surface area contributed by atoms with Crippen LogP contribution in [0.1, 0.15) is 6.92 Å². The van der Waals surface area contributed by atoms with E-state index in [4.69, 9.17) is 4.74 Å². The molecule has 0 radical (unpaired) electrons. The minimum Gasteiger partial charge on any atom is -0.487 e. The second kappa shape index (κ2) is 4.36. The van der Waals surface area contributed by atoms with Gasteiger partial charge in [-0.2, -0.15) is 0 Å². The van der Waals surface area contributed by atoms with E-state index in [0.717, 1.165) is 6.07 Å². The van der Waals surface area contributed by atoms with Crippen molar-refractivity contribution in [3.05, 3.63) is 32.5 Å². The highest BCUT2D eigenvalue weighted by Gasteiger charge is 2.18. The van der Waals surface area contributed by atoms with Gasteiger partial charge in [0.2, 0.25) is 0 Å². The molecule has 0 saturated heterocycles. The molecule has 1 aromatic carbocycles. The summed E-state index contributed by atoms with van der Waals surface area (Å²) in [7, 11) is 0. The number of hydrogen-bond donors (Lipinski definition) is 0. The maximum atomic E-state index is 13.0. The van der Waals surface area contributed by atoms with Gasteiger partial charge in [0.25, 0.3) is 0 Å².